The Labute approximate surface area is 138 Å². The zero-order chi connectivity index (χ0) is 16.3. The molecule has 1 amide bonds. The van der Waals surface area contributed by atoms with Crippen LogP contribution in [0, 0.1) is 6.92 Å². The fraction of sp³-hybridized carbons (Fsp3) is 0.467. The van der Waals surface area contributed by atoms with E-state index in [0.717, 1.165) is 18.8 Å². The summed E-state index contributed by atoms with van der Waals surface area (Å²) < 4.78 is 0. The number of aliphatic hydroxyl groups is 1. The lowest BCUT2D eigenvalue weighted by atomic mass is 9.92. The van der Waals surface area contributed by atoms with Gasteiger partial charge in [0.15, 0.2) is 0 Å². The van der Waals surface area contributed by atoms with Gasteiger partial charge in [0.2, 0.25) is 0 Å². The standard InChI is InChI=1S/C15H19N5O2S/c1-11-13(23-10-19-11)14(21)18-8-15(22)3-2-6-20(9-15)12-7-16-4-5-17-12/h4-5,7,10,22H,2-3,6,8-9H2,1H3,(H,18,21)/t15-/m0/s1. The van der Waals surface area contributed by atoms with Crippen molar-refractivity contribution in [3.05, 3.63) is 34.7 Å². The molecular formula is C15H19N5O2S. The van der Waals surface area contributed by atoms with Crippen LogP contribution in [0.3, 0.4) is 0 Å². The first-order valence-corrected chi connectivity index (χ1v) is 8.37. The van der Waals surface area contributed by atoms with Crippen molar-refractivity contribution < 1.29 is 9.90 Å². The molecule has 1 atom stereocenters. The third kappa shape index (κ3) is 3.65. The van der Waals surface area contributed by atoms with Crippen LogP contribution in [-0.4, -0.2) is 51.2 Å². The van der Waals surface area contributed by atoms with Crippen LogP contribution < -0.4 is 10.2 Å². The molecule has 0 spiro atoms. The number of aryl methyl sites for hydroxylation is 1. The molecule has 1 fully saturated rings. The monoisotopic (exact) mass is 333 g/mol. The van der Waals surface area contributed by atoms with Crippen LogP contribution in [0.2, 0.25) is 0 Å². The number of nitrogens with zero attached hydrogens (tertiary/aromatic N) is 4. The first-order valence-electron chi connectivity index (χ1n) is 7.49. The molecule has 3 heterocycles. The van der Waals surface area contributed by atoms with E-state index in [4.69, 9.17) is 0 Å². The second kappa shape index (κ2) is 6.59. The molecule has 2 aromatic heterocycles. The molecule has 3 rings (SSSR count). The number of amides is 1. The first-order chi connectivity index (χ1) is 11.1. The van der Waals surface area contributed by atoms with E-state index >= 15 is 0 Å². The lowest BCUT2D eigenvalue weighted by Crippen LogP contribution is -2.54. The van der Waals surface area contributed by atoms with E-state index in [9.17, 15) is 9.90 Å². The minimum Gasteiger partial charge on any atom is -0.386 e. The maximum Gasteiger partial charge on any atom is 0.263 e. The summed E-state index contributed by atoms with van der Waals surface area (Å²) in [5, 5.41) is 13.6. The number of thiazole rings is 1. The molecule has 0 saturated carbocycles. The van der Waals surface area contributed by atoms with E-state index < -0.39 is 5.60 Å². The zero-order valence-electron chi connectivity index (χ0n) is 12.9. The van der Waals surface area contributed by atoms with Crippen molar-refractivity contribution in [2.45, 2.75) is 25.4 Å². The minimum absolute atomic E-state index is 0.185. The van der Waals surface area contributed by atoms with Crippen molar-refractivity contribution in [1.29, 1.82) is 0 Å². The number of piperidine rings is 1. The molecule has 0 bridgehead atoms. The summed E-state index contributed by atoms with van der Waals surface area (Å²) in [7, 11) is 0. The van der Waals surface area contributed by atoms with E-state index in [1.54, 1.807) is 31.0 Å². The normalized spacial score (nSPS) is 21.2. The highest BCUT2D eigenvalue weighted by Crippen LogP contribution is 2.24. The number of nitrogens with one attached hydrogen (secondary N) is 1. The molecule has 122 valence electrons. The number of hydrogen-bond acceptors (Lipinski definition) is 7. The van der Waals surface area contributed by atoms with Crippen molar-refractivity contribution in [2.24, 2.45) is 0 Å². The Hall–Kier alpha value is -2.06. The van der Waals surface area contributed by atoms with Crippen LogP contribution in [0.1, 0.15) is 28.2 Å². The number of aromatic nitrogens is 3. The lowest BCUT2D eigenvalue weighted by molar-refractivity contribution is 0.0254. The molecule has 0 aromatic carbocycles. The van der Waals surface area contributed by atoms with E-state index in [1.165, 1.54) is 11.3 Å². The fourth-order valence-electron chi connectivity index (χ4n) is 2.75. The predicted octanol–water partition coefficient (Wildman–Crippen LogP) is 1.00. The molecule has 0 aliphatic carbocycles. The van der Waals surface area contributed by atoms with Crippen LogP contribution in [0.5, 0.6) is 0 Å². The van der Waals surface area contributed by atoms with Gasteiger partial charge in [-0.3, -0.25) is 9.78 Å². The average Bonchev–Trinajstić information content (AvgIpc) is 3.00. The van der Waals surface area contributed by atoms with Gasteiger partial charge in [0.25, 0.3) is 5.91 Å². The summed E-state index contributed by atoms with van der Waals surface area (Å²) in [5.41, 5.74) is 1.39. The second-order valence-corrected chi connectivity index (χ2v) is 6.62. The molecular weight excluding hydrogens is 314 g/mol. The Morgan fingerprint density at radius 1 is 1.48 bits per heavy atom. The SMILES string of the molecule is Cc1ncsc1C(=O)NC[C@@]1(O)CCCN(c2cnccn2)C1. The van der Waals surface area contributed by atoms with Crippen LogP contribution in [0.25, 0.3) is 0 Å². The van der Waals surface area contributed by atoms with Gasteiger partial charge in [0.05, 0.1) is 23.0 Å². The number of carbonyl (C=O) groups excluding carboxylic acids is 1. The number of rotatable bonds is 4. The van der Waals surface area contributed by atoms with Gasteiger partial charge >= 0.3 is 0 Å². The zero-order valence-corrected chi connectivity index (χ0v) is 13.7. The third-order valence-corrected chi connectivity index (χ3v) is 4.89. The van der Waals surface area contributed by atoms with Crippen LogP contribution in [-0.2, 0) is 0 Å². The smallest absolute Gasteiger partial charge is 0.263 e. The Balaban J connectivity index is 1.62. The molecule has 1 aliphatic heterocycles. The number of β-amino-alcohol motifs (C(OH)–C–C–N with tert-alkyl or cyclic N) is 1. The molecule has 2 N–H and O–H groups in total. The highest BCUT2D eigenvalue weighted by Gasteiger charge is 2.34. The Morgan fingerprint density at radius 3 is 3.04 bits per heavy atom. The number of hydrogen-bond donors (Lipinski definition) is 2. The van der Waals surface area contributed by atoms with Crippen molar-refractivity contribution in [3.8, 4) is 0 Å². The van der Waals surface area contributed by atoms with Gasteiger partial charge in [-0.05, 0) is 19.8 Å². The van der Waals surface area contributed by atoms with Crippen LogP contribution in [0.15, 0.2) is 24.1 Å². The summed E-state index contributed by atoms with van der Waals surface area (Å²) in [4.78, 5) is 27.2. The van der Waals surface area contributed by atoms with Gasteiger partial charge in [-0.2, -0.15) is 0 Å². The maximum atomic E-state index is 12.2. The Bertz CT molecular complexity index is 678. The minimum atomic E-state index is -0.968. The quantitative estimate of drug-likeness (QED) is 0.867. The van der Waals surface area contributed by atoms with E-state index in [0.29, 0.717) is 23.5 Å². The van der Waals surface area contributed by atoms with Crippen LogP contribution >= 0.6 is 11.3 Å². The summed E-state index contributed by atoms with van der Waals surface area (Å²) in [6, 6.07) is 0. The third-order valence-electron chi connectivity index (χ3n) is 3.96. The van der Waals surface area contributed by atoms with Crippen molar-refractivity contribution in [2.75, 3.05) is 24.5 Å². The van der Waals surface area contributed by atoms with Crippen molar-refractivity contribution >= 4 is 23.1 Å². The molecule has 23 heavy (non-hydrogen) atoms. The average molecular weight is 333 g/mol. The molecule has 0 unspecified atom stereocenters. The van der Waals surface area contributed by atoms with Gasteiger partial charge in [0.1, 0.15) is 10.7 Å². The first kappa shape index (κ1) is 15.8. The van der Waals surface area contributed by atoms with E-state index in [-0.39, 0.29) is 12.5 Å². The molecule has 2 aromatic rings. The van der Waals surface area contributed by atoms with Gasteiger partial charge in [-0.15, -0.1) is 11.3 Å². The predicted molar refractivity (Wildman–Crippen MR) is 87.6 cm³/mol. The van der Waals surface area contributed by atoms with E-state index in [2.05, 4.69) is 20.3 Å². The second-order valence-electron chi connectivity index (χ2n) is 5.76. The highest BCUT2D eigenvalue weighted by molar-refractivity contribution is 7.11. The number of anilines is 1. The summed E-state index contributed by atoms with van der Waals surface area (Å²) >= 11 is 1.31. The van der Waals surface area contributed by atoms with Crippen LogP contribution in [0.4, 0.5) is 5.82 Å². The summed E-state index contributed by atoms with van der Waals surface area (Å²) in [6.07, 6.45) is 6.42. The molecule has 1 saturated heterocycles. The van der Waals surface area contributed by atoms with E-state index in [1.807, 2.05) is 4.90 Å². The van der Waals surface area contributed by atoms with Gasteiger partial charge in [-0.25, -0.2) is 9.97 Å². The maximum absolute atomic E-state index is 12.2. The highest BCUT2D eigenvalue weighted by atomic mass is 32.1. The summed E-state index contributed by atoms with van der Waals surface area (Å²) in [6.45, 7) is 3.26. The Kier molecular flexibility index (Phi) is 4.53. The van der Waals surface area contributed by atoms with Crippen molar-refractivity contribution in [3.63, 3.8) is 0 Å². The van der Waals surface area contributed by atoms with Gasteiger partial charge in [0, 0.05) is 32.0 Å². The van der Waals surface area contributed by atoms with Gasteiger partial charge < -0.3 is 15.3 Å². The molecule has 8 heteroatoms. The molecule has 1 aliphatic rings. The molecule has 0 radical (unpaired) electrons. The van der Waals surface area contributed by atoms with Gasteiger partial charge in [-0.1, -0.05) is 0 Å². The lowest BCUT2D eigenvalue weighted by Gasteiger charge is -2.39. The Morgan fingerprint density at radius 2 is 2.35 bits per heavy atom. The number of carbonyl (C=O) groups is 1. The largest absolute Gasteiger partial charge is 0.386 e. The summed E-state index contributed by atoms with van der Waals surface area (Å²) in [5.74, 6) is 0.560. The van der Waals surface area contributed by atoms with Crippen molar-refractivity contribution in [1.82, 2.24) is 20.3 Å². The fourth-order valence-corrected chi connectivity index (χ4v) is 3.47. The topological polar surface area (TPSA) is 91.2 Å². The molecule has 7 nitrogen and oxygen atoms in total.